The zero-order chi connectivity index (χ0) is 22.2. The molecule has 162 valence electrons. The highest BCUT2D eigenvalue weighted by Crippen LogP contribution is 2.11. The third kappa shape index (κ3) is 6.01. The molecule has 0 atom stereocenters. The number of amides is 2. The fraction of sp³-hybridized carbons (Fsp3) is 0.333. The maximum Gasteiger partial charge on any atom is 0.273 e. The predicted octanol–water partition coefficient (Wildman–Crippen LogP) is 2.48. The summed E-state index contributed by atoms with van der Waals surface area (Å²) in [5.74, 6) is -0.371. The van der Waals surface area contributed by atoms with Gasteiger partial charge in [0.05, 0.1) is 11.0 Å². The molecule has 0 aliphatic rings. The number of carbonyl (C=O) groups excluding carboxylic acids is 2. The highest BCUT2D eigenvalue weighted by molar-refractivity contribution is 5.80. The van der Waals surface area contributed by atoms with Crippen LogP contribution in [0.3, 0.4) is 0 Å². The maximum atomic E-state index is 13.0. The van der Waals surface area contributed by atoms with Gasteiger partial charge in [-0.1, -0.05) is 48.9 Å². The molecule has 0 radical (unpaired) electrons. The van der Waals surface area contributed by atoms with Gasteiger partial charge in [0.15, 0.2) is 0 Å². The Morgan fingerprint density at radius 1 is 1.00 bits per heavy atom. The van der Waals surface area contributed by atoms with Crippen LogP contribution in [0.4, 0.5) is 0 Å². The summed E-state index contributed by atoms with van der Waals surface area (Å²) in [6.45, 7) is 4.88. The zero-order valence-electron chi connectivity index (χ0n) is 18.0. The molecule has 2 amide bonds. The Balaban J connectivity index is 1.77. The number of para-hydroxylation sites is 2. The lowest BCUT2D eigenvalue weighted by molar-refractivity contribution is -0.122. The normalized spacial score (nSPS) is 10.8. The van der Waals surface area contributed by atoms with Crippen molar-refractivity contribution in [2.75, 3.05) is 6.54 Å². The van der Waals surface area contributed by atoms with Crippen LogP contribution < -0.4 is 16.2 Å². The van der Waals surface area contributed by atoms with Crippen molar-refractivity contribution in [2.45, 2.75) is 46.2 Å². The van der Waals surface area contributed by atoms with Gasteiger partial charge < -0.3 is 10.6 Å². The SMILES string of the molecule is CCCNC(=O)CCc1nc2ccccc2n(CC(=O)NCc2ccc(C)cc2)c1=O. The largest absolute Gasteiger partial charge is 0.356 e. The van der Waals surface area contributed by atoms with E-state index in [-0.39, 0.29) is 42.5 Å². The second kappa shape index (κ2) is 10.5. The number of hydrogen-bond acceptors (Lipinski definition) is 4. The van der Waals surface area contributed by atoms with Gasteiger partial charge in [0.1, 0.15) is 12.2 Å². The second-order valence-corrected chi connectivity index (χ2v) is 7.55. The Kier molecular flexibility index (Phi) is 7.54. The molecule has 0 aliphatic heterocycles. The van der Waals surface area contributed by atoms with Crippen LogP contribution in [0.2, 0.25) is 0 Å². The van der Waals surface area contributed by atoms with E-state index in [4.69, 9.17) is 0 Å². The van der Waals surface area contributed by atoms with Gasteiger partial charge in [-0.15, -0.1) is 0 Å². The number of nitrogens with zero attached hydrogens (tertiary/aromatic N) is 2. The number of fused-ring (bicyclic) bond motifs is 1. The smallest absolute Gasteiger partial charge is 0.273 e. The molecule has 1 heterocycles. The van der Waals surface area contributed by atoms with Crippen LogP contribution >= 0.6 is 0 Å². The molecule has 0 fully saturated rings. The fourth-order valence-corrected chi connectivity index (χ4v) is 3.26. The molecule has 0 unspecified atom stereocenters. The molecule has 1 aromatic heterocycles. The standard InChI is InChI=1S/C24H28N4O3/c1-3-14-25-22(29)13-12-20-24(31)28(21-7-5-4-6-19(21)27-20)16-23(30)26-15-18-10-8-17(2)9-11-18/h4-11H,3,12-16H2,1-2H3,(H,25,29)(H,26,30). The van der Waals surface area contributed by atoms with E-state index in [9.17, 15) is 14.4 Å². The van der Waals surface area contributed by atoms with Gasteiger partial charge in [0.25, 0.3) is 5.56 Å². The second-order valence-electron chi connectivity index (χ2n) is 7.55. The molecule has 31 heavy (non-hydrogen) atoms. The van der Waals surface area contributed by atoms with Crippen LogP contribution in [0.15, 0.2) is 53.3 Å². The van der Waals surface area contributed by atoms with Gasteiger partial charge in [-0.3, -0.25) is 19.0 Å². The fourth-order valence-electron chi connectivity index (χ4n) is 3.26. The summed E-state index contributed by atoms with van der Waals surface area (Å²) in [6, 6.07) is 15.1. The number of benzene rings is 2. The van der Waals surface area contributed by atoms with Crippen molar-refractivity contribution in [3.05, 3.63) is 75.7 Å². The van der Waals surface area contributed by atoms with Crippen molar-refractivity contribution < 1.29 is 9.59 Å². The number of nitrogens with one attached hydrogen (secondary N) is 2. The molecule has 0 aliphatic carbocycles. The molecule has 2 aromatic carbocycles. The number of aromatic nitrogens is 2. The first-order chi connectivity index (χ1) is 15.0. The summed E-state index contributed by atoms with van der Waals surface area (Å²) in [4.78, 5) is 42.0. The Morgan fingerprint density at radius 3 is 2.48 bits per heavy atom. The first-order valence-electron chi connectivity index (χ1n) is 10.6. The molecule has 0 saturated heterocycles. The van der Waals surface area contributed by atoms with Crippen molar-refractivity contribution >= 4 is 22.8 Å². The third-order valence-electron chi connectivity index (χ3n) is 4.99. The monoisotopic (exact) mass is 420 g/mol. The minimum Gasteiger partial charge on any atom is -0.356 e. The Morgan fingerprint density at radius 2 is 1.74 bits per heavy atom. The Labute approximate surface area is 181 Å². The van der Waals surface area contributed by atoms with Crippen LogP contribution in [0.5, 0.6) is 0 Å². The molecule has 0 bridgehead atoms. The molecule has 7 heteroatoms. The van der Waals surface area contributed by atoms with E-state index in [1.54, 1.807) is 12.1 Å². The van der Waals surface area contributed by atoms with Gasteiger partial charge in [0.2, 0.25) is 11.8 Å². The minimum absolute atomic E-state index is 0.108. The van der Waals surface area contributed by atoms with E-state index in [1.165, 1.54) is 4.57 Å². The quantitative estimate of drug-likeness (QED) is 0.556. The average molecular weight is 421 g/mol. The molecule has 2 N–H and O–H groups in total. The van der Waals surface area contributed by atoms with Crippen LogP contribution in [0.25, 0.3) is 11.0 Å². The van der Waals surface area contributed by atoms with E-state index in [1.807, 2.05) is 50.2 Å². The molecule has 0 saturated carbocycles. The highest BCUT2D eigenvalue weighted by Gasteiger charge is 2.14. The highest BCUT2D eigenvalue weighted by atomic mass is 16.2. The number of carbonyl (C=O) groups is 2. The molecule has 0 spiro atoms. The van der Waals surface area contributed by atoms with E-state index >= 15 is 0 Å². The number of rotatable bonds is 9. The molecular weight excluding hydrogens is 392 g/mol. The van der Waals surface area contributed by atoms with Gasteiger partial charge in [0, 0.05) is 25.9 Å². The van der Waals surface area contributed by atoms with Gasteiger partial charge in [-0.05, 0) is 31.0 Å². The van der Waals surface area contributed by atoms with Gasteiger partial charge >= 0.3 is 0 Å². The van der Waals surface area contributed by atoms with Gasteiger partial charge in [-0.2, -0.15) is 0 Å². The van der Waals surface area contributed by atoms with Crippen molar-refractivity contribution in [2.24, 2.45) is 0 Å². The Hall–Kier alpha value is -3.48. The zero-order valence-corrected chi connectivity index (χ0v) is 18.0. The maximum absolute atomic E-state index is 13.0. The predicted molar refractivity (Wildman–Crippen MR) is 121 cm³/mol. The summed E-state index contributed by atoms with van der Waals surface area (Å²) in [5, 5.41) is 5.67. The number of hydrogen-bond donors (Lipinski definition) is 2. The van der Waals surface area contributed by atoms with Crippen LogP contribution in [-0.4, -0.2) is 27.9 Å². The average Bonchev–Trinajstić information content (AvgIpc) is 2.78. The summed E-state index contributed by atoms with van der Waals surface area (Å²) in [5.41, 5.74) is 3.31. The lowest BCUT2D eigenvalue weighted by Crippen LogP contribution is -2.34. The topological polar surface area (TPSA) is 93.1 Å². The molecule has 3 aromatic rings. The summed E-state index contributed by atoms with van der Waals surface area (Å²) >= 11 is 0. The van der Waals surface area contributed by atoms with Crippen molar-refractivity contribution in [3.63, 3.8) is 0 Å². The van der Waals surface area contributed by atoms with E-state index < -0.39 is 0 Å². The lowest BCUT2D eigenvalue weighted by Gasteiger charge is -2.13. The van der Waals surface area contributed by atoms with E-state index in [0.29, 0.717) is 24.1 Å². The van der Waals surface area contributed by atoms with Gasteiger partial charge in [-0.25, -0.2) is 4.98 Å². The van der Waals surface area contributed by atoms with Crippen LogP contribution in [0.1, 0.15) is 36.6 Å². The summed E-state index contributed by atoms with van der Waals surface area (Å²) in [6.07, 6.45) is 1.26. The number of aryl methyl sites for hydroxylation is 2. The molecule has 3 rings (SSSR count). The van der Waals surface area contributed by atoms with E-state index in [0.717, 1.165) is 17.5 Å². The Bertz CT molecular complexity index is 1120. The summed E-state index contributed by atoms with van der Waals surface area (Å²) in [7, 11) is 0. The minimum atomic E-state index is -0.340. The molecule has 7 nitrogen and oxygen atoms in total. The van der Waals surface area contributed by atoms with Crippen molar-refractivity contribution in [1.29, 1.82) is 0 Å². The first kappa shape index (κ1) is 22.2. The lowest BCUT2D eigenvalue weighted by atomic mass is 10.1. The third-order valence-corrected chi connectivity index (χ3v) is 4.99. The van der Waals surface area contributed by atoms with Crippen LogP contribution in [0, 0.1) is 6.92 Å². The summed E-state index contributed by atoms with van der Waals surface area (Å²) < 4.78 is 1.44. The van der Waals surface area contributed by atoms with E-state index in [2.05, 4.69) is 15.6 Å². The molecular formula is C24H28N4O3. The van der Waals surface area contributed by atoms with Crippen molar-refractivity contribution in [1.82, 2.24) is 20.2 Å². The van der Waals surface area contributed by atoms with Crippen LogP contribution in [-0.2, 0) is 29.1 Å². The first-order valence-corrected chi connectivity index (χ1v) is 10.6. The van der Waals surface area contributed by atoms with Crippen molar-refractivity contribution in [3.8, 4) is 0 Å².